The molecule has 4 heterocycles. The quantitative estimate of drug-likeness (QED) is 0.101. The number of nitrogens with one attached hydrogen (secondary N) is 3. The summed E-state index contributed by atoms with van der Waals surface area (Å²) in [5.41, 5.74) is 5.77. The maximum Gasteiger partial charge on any atom is 0.251 e. The molecule has 0 radical (unpaired) electrons. The Hall–Kier alpha value is -3.13. The number of halogens is 6. The molecule has 0 unspecified atom stereocenters. The number of amides is 2. The van der Waals surface area contributed by atoms with Gasteiger partial charge in [0.15, 0.2) is 0 Å². The molecule has 336 valence electrons. The Kier molecular flexibility index (Phi) is 20.9. The molecule has 0 spiro atoms. The van der Waals surface area contributed by atoms with Gasteiger partial charge in [0.25, 0.3) is 11.8 Å². The molecule has 0 saturated carbocycles. The summed E-state index contributed by atoms with van der Waals surface area (Å²) in [7, 11) is 0. The Labute approximate surface area is 400 Å². The number of benzene rings is 4. The lowest BCUT2D eigenvalue weighted by Gasteiger charge is -2.25. The van der Waals surface area contributed by atoms with Crippen molar-refractivity contribution in [3.63, 3.8) is 0 Å². The Morgan fingerprint density at radius 2 is 1.15 bits per heavy atom. The minimum atomic E-state index is -0.00405. The maximum atomic E-state index is 12.0. The summed E-state index contributed by atoms with van der Waals surface area (Å²) in [6.07, 6.45) is 5.92. The Balaban J connectivity index is 0.000000192. The summed E-state index contributed by atoms with van der Waals surface area (Å²) in [5, 5.41) is 12.5. The number of hydrogen-bond acceptors (Lipinski definition) is 8. The van der Waals surface area contributed by atoms with E-state index in [0.717, 1.165) is 154 Å². The van der Waals surface area contributed by atoms with Crippen LogP contribution in [-0.2, 0) is 12.8 Å². The molecule has 3 N–H and O–H groups in total. The highest BCUT2D eigenvalue weighted by Gasteiger charge is 2.20. The van der Waals surface area contributed by atoms with Crippen LogP contribution in [-0.4, -0.2) is 107 Å². The third-order valence-electron chi connectivity index (χ3n) is 10.9. The predicted molar refractivity (Wildman–Crippen MR) is 262 cm³/mol. The Bertz CT molecular complexity index is 2070. The minimum Gasteiger partial charge on any atom is -0.494 e. The van der Waals surface area contributed by atoms with Crippen molar-refractivity contribution in [2.45, 2.75) is 38.5 Å². The standard InChI is InChI=1S/C23H27Cl2N3O2.C12H14BrNO2.C11H14Cl2N2.ClH/c24-20-4-1-5-21(22(20)25)28-12-2-10-27(13-14-28)11-3-15-30-18-7-6-17-8-9-26-23(29)19(17)16-18;13-5-1-7-16-10-3-2-9-4-6-14-12(15)11(9)8-10;12-9-3-1-4-10(11(9)13)15-7-2-5-14-6-8-15;/h1,4-7,16H,2-3,8-15H2,(H,26,29);2-3,8H,1,4-7H2,(H,14,15);1,3-4,14H,2,5-8H2;1H. The van der Waals surface area contributed by atoms with E-state index in [1.165, 1.54) is 0 Å². The summed E-state index contributed by atoms with van der Waals surface area (Å²) < 4.78 is 11.5. The van der Waals surface area contributed by atoms with Crippen LogP contribution in [0.1, 0.15) is 57.5 Å². The highest BCUT2D eigenvalue weighted by atomic mass is 79.9. The molecule has 62 heavy (non-hydrogen) atoms. The van der Waals surface area contributed by atoms with Gasteiger partial charge in [0.1, 0.15) is 11.5 Å². The second-order valence-electron chi connectivity index (χ2n) is 15.2. The van der Waals surface area contributed by atoms with E-state index >= 15 is 0 Å². The number of nitrogens with zero attached hydrogens (tertiary/aromatic N) is 3. The third-order valence-corrected chi connectivity index (χ3v) is 13.1. The highest BCUT2D eigenvalue weighted by molar-refractivity contribution is 9.09. The van der Waals surface area contributed by atoms with Gasteiger partial charge in [0.2, 0.25) is 0 Å². The van der Waals surface area contributed by atoms with Gasteiger partial charge >= 0.3 is 0 Å². The van der Waals surface area contributed by atoms with E-state index in [1.807, 2.05) is 72.8 Å². The van der Waals surface area contributed by atoms with E-state index in [-0.39, 0.29) is 24.2 Å². The lowest BCUT2D eigenvalue weighted by atomic mass is 10.0. The zero-order valence-corrected chi connectivity index (χ0v) is 40.3. The van der Waals surface area contributed by atoms with E-state index in [0.29, 0.717) is 39.8 Å². The number of carbonyl (C=O) groups is 2. The van der Waals surface area contributed by atoms with Crippen molar-refractivity contribution >= 4 is 97.9 Å². The van der Waals surface area contributed by atoms with Gasteiger partial charge in [-0.05, 0) is 111 Å². The summed E-state index contributed by atoms with van der Waals surface area (Å²) >= 11 is 28.1. The highest BCUT2D eigenvalue weighted by Crippen LogP contribution is 2.34. The van der Waals surface area contributed by atoms with Crippen molar-refractivity contribution in [2.24, 2.45) is 0 Å². The lowest BCUT2D eigenvalue weighted by molar-refractivity contribution is 0.0937. The predicted octanol–water partition coefficient (Wildman–Crippen LogP) is 9.61. The first-order valence-electron chi connectivity index (χ1n) is 21.2. The fourth-order valence-corrected chi connectivity index (χ4v) is 8.74. The van der Waals surface area contributed by atoms with Gasteiger partial charge in [-0.25, -0.2) is 0 Å². The second-order valence-corrected chi connectivity index (χ2v) is 17.5. The molecule has 0 bridgehead atoms. The molecule has 0 aromatic heterocycles. The van der Waals surface area contributed by atoms with Gasteiger partial charge in [-0.1, -0.05) is 86.6 Å². The number of rotatable bonds is 11. The molecule has 4 aromatic rings. The summed E-state index contributed by atoms with van der Waals surface area (Å²) in [4.78, 5) is 30.7. The van der Waals surface area contributed by atoms with E-state index in [1.54, 1.807) is 0 Å². The number of anilines is 2. The molecule has 2 saturated heterocycles. The van der Waals surface area contributed by atoms with Gasteiger partial charge in [-0.2, -0.15) is 0 Å². The number of alkyl halides is 1. The van der Waals surface area contributed by atoms with Crippen molar-refractivity contribution in [1.82, 2.24) is 20.9 Å². The van der Waals surface area contributed by atoms with E-state index in [2.05, 4.69) is 46.6 Å². The lowest BCUT2D eigenvalue weighted by Crippen LogP contribution is -2.32. The Morgan fingerprint density at radius 1 is 0.597 bits per heavy atom. The van der Waals surface area contributed by atoms with Crippen LogP contribution in [0.25, 0.3) is 0 Å². The summed E-state index contributed by atoms with van der Waals surface area (Å²) in [6, 6.07) is 23.2. The van der Waals surface area contributed by atoms with Gasteiger partial charge < -0.3 is 40.1 Å². The van der Waals surface area contributed by atoms with Crippen molar-refractivity contribution in [3.8, 4) is 11.5 Å². The number of carbonyl (C=O) groups excluding carboxylic acids is 2. The average Bonchev–Trinajstić information content (AvgIpc) is 3.69. The average molecular weight is 1010 g/mol. The van der Waals surface area contributed by atoms with Gasteiger partial charge in [0.05, 0.1) is 44.7 Å². The second kappa shape index (κ2) is 26.0. The minimum absolute atomic E-state index is 0. The van der Waals surface area contributed by atoms with Crippen LogP contribution in [0, 0.1) is 0 Å². The van der Waals surface area contributed by atoms with Crippen molar-refractivity contribution in [2.75, 3.05) is 100 Å². The third kappa shape index (κ3) is 14.4. The molecule has 4 aliphatic heterocycles. The Morgan fingerprint density at radius 3 is 1.73 bits per heavy atom. The fraction of sp³-hybridized carbons (Fsp3) is 0.435. The molecule has 0 atom stereocenters. The van der Waals surface area contributed by atoms with Crippen molar-refractivity contribution < 1.29 is 19.1 Å². The largest absolute Gasteiger partial charge is 0.494 e. The molecule has 10 nitrogen and oxygen atoms in total. The molecular weight excluding hydrogens is 958 g/mol. The van der Waals surface area contributed by atoms with Crippen LogP contribution in [0.2, 0.25) is 20.1 Å². The molecular formula is C46H56BrCl5N6O4. The smallest absolute Gasteiger partial charge is 0.251 e. The van der Waals surface area contributed by atoms with E-state index < -0.39 is 0 Å². The van der Waals surface area contributed by atoms with Crippen LogP contribution >= 0.6 is 74.7 Å². The molecule has 2 amide bonds. The van der Waals surface area contributed by atoms with Gasteiger partial charge in [0, 0.05) is 75.4 Å². The SMILES string of the molecule is Cl.Clc1cccc(N2CCCNCC2)c1Cl.O=C1NCCc2ccc(OCCCBr)cc21.O=C1NCCc2ccc(OCCCN3CCCN(c4cccc(Cl)c4Cl)CC3)cc21. The number of fused-ring (bicyclic) bond motifs is 2. The van der Waals surface area contributed by atoms with E-state index in [4.69, 9.17) is 55.9 Å². The van der Waals surface area contributed by atoms with Crippen LogP contribution in [0.15, 0.2) is 72.8 Å². The van der Waals surface area contributed by atoms with Crippen LogP contribution in [0.3, 0.4) is 0 Å². The molecule has 8 rings (SSSR count). The van der Waals surface area contributed by atoms with Gasteiger partial charge in [-0.15, -0.1) is 12.4 Å². The molecule has 2 fully saturated rings. The summed E-state index contributed by atoms with van der Waals surface area (Å²) in [5.74, 6) is 1.54. The van der Waals surface area contributed by atoms with Crippen LogP contribution in [0.5, 0.6) is 11.5 Å². The zero-order chi connectivity index (χ0) is 43.0. The first-order valence-corrected chi connectivity index (χ1v) is 23.8. The zero-order valence-electron chi connectivity index (χ0n) is 34.8. The van der Waals surface area contributed by atoms with Crippen LogP contribution in [0.4, 0.5) is 11.4 Å². The normalized spacial score (nSPS) is 16.3. The van der Waals surface area contributed by atoms with E-state index in [9.17, 15) is 9.59 Å². The number of hydrogen-bond donors (Lipinski definition) is 3. The maximum absolute atomic E-state index is 12.0. The van der Waals surface area contributed by atoms with Crippen molar-refractivity contribution in [1.29, 1.82) is 0 Å². The summed E-state index contributed by atoms with van der Waals surface area (Å²) in [6.45, 7) is 11.8. The fourth-order valence-electron chi connectivity index (χ4n) is 7.68. The monoisotopic (exact) mass is 1010 g/mol. The molecule has 4 aliphatic rings. The molecule has 4 aromatic carbocycles. The molecule has 0 aliphatic carbocycles. The number of ether oxygens (including phenoxy) is 2. The molecule has 16 heteroatoms. The first-order chi connectivity index (χ1) is 29.7. The topological polar surface area (TPSA) is 98.4 Å². The van der Waals surface area contributed by atoms with Crippen LogP contribution < -0.4 is 35.2 Å². The van der Waals surface area contributed by atoms with Crippen molar-refractivity contribution in [3.05, 3.63) is 115 Å². The first kappa shape index (κ1) is 49.9. The van der Waals surface area contributed by atoms with Gasteiger partial charge in [-0.3, -0.25) is 9.59 Å².